The van der Waals surface area contributed by atoms with Crippen LogP contribution < -0.4 is 0 Å². The molecule has 0 spiro atoms. The summed E-state index contributed by atoms with van der Waals surface area (Å²) in [5.74, 6) is 0.0849. The molecule has 122 valence electrons. The summed E-state index contributed by atoms with van der Waals surface area (Å²) in [6, 6.07) is 2.20. The number of nitrogens with zero attached hydrogens (tertiary/aromatic N) is 4. The standard InChI is InChI=1S/C17H22N4O2/c1-12-15-9-13(10-18-16(15)23-19-12)17(22)21-8-4-5-14(21)11-20-6-2-3-7-20/h9-10,14H,2-8,11H2,1H3/t14-/m0/s1. The summed E-state index contributed by atoms with van der Waals surface area (Å²) in [6.07, 6.45) is 6.37. The highest BCUT2D eigenvalue weighted by Crippen LogP contribution is 2.24. The normalized spacial score (nSPS) is 22.3. The second-order valence-corrected chi connectivity index (χ2v) is 6.65. The number of rotatable bonds is 3. The molecule has 1 amide bonds. The molecule has 0 radical (unpaired) electrons. The lowest BCUT2D eigenvalue weighted by Gasteiger charge is -2.28. The van der Waals surface area contributed by atoms with Gasteiger partial charge in [-0.2, -0.15) is 0 Å². The predicted octanol–water partition coefficient (Wildman–Crippen LogP) is 2.23. The Hall–Kier alpha value is -1.95. The zero-order valence-electron chi connectivity index (χ0n) is 13.5. The van der Waals surface area contributed by atoms with Gasteiger partial charge in [0.2, 0.25) is 0 Å². The summed E-state index contributed by atoms with van der Waals surface area (Å²) >= 11 is 0. The summed E-state index contributed by atoms with van der Waals surface area (Å²) in [7, 11) is 0. The maximum Gasteiger partial charge on any atom is 0.257 e. The molecule has 2 aliphatic heterocycles. The summed E-state index contributed by atoms with van der Waals surface area (Å²) in [5, 5.41) is 4.73. The van der Waals surface area contributed by atoms with Crippen LogP contribution in [0.25, 0.3) is 11.1 Å². The summed E-state index contributed by atoms with van der Waals surface area (Å²) in [5.41, 5.74) is 1.91. The van der Waals surface area contributed by atoms with Crippen LogP contribution in [-0.2, 0) is 0 Å². The van der Waals surface area contributed by atoms with Crippen molar-refractivity contribution in [3.05, 3.63) is 23.5 Å². The van der Waals surface area contributed by atoms with Crippen molar-refractivity contribution in [2.45, 2.75) is 38.6 Å². The molecule has 6 nitrogen and oxygen atoms in total. The van der Waals surface area contributed by atoms with Crippen LogP contribution in [0.5, 0.6) is 0 Å². The van der Waals surface area contributed by atoms with Crippen LogP contribution in [0.3, 0.4) is 0 Å². The molecule has 0 unspecified atom stereocenters. The average molecular weight is 314 g/mol. The number of hydrogen-bond acceptors (Lipinski definition) is 5. The number of aryl methyl sites for hydroxylation is 1. The van der Waals surface area contributed by atoms with E-state index in [1.165, 1.54) is 25.9 Å². The van der Waals surface area contributed by atoms with E-state index >= 15 is 0 Å². The van der Waals surface area contributed by atoms with Crippen LogP contribution in [0.4, 0.5) is 0 Å². The first-order valence-corrected chi connectivity index (χ1v) is 8.48. The topological polar surface area (TPSA) is 62.5 Å². The number of carbonyl (C=O) groups is 1. The van der Waals surface area contributed by atoms with Crippen molar-refractivity contribution in [3.63, 3.8) is 0 Å². The number of pyridine rings is 1. The first-order valence-electron chi connectivity index (χ1n) is 8.48. The second kappa shape index (κ2) is 5.92. The van der Waals surface area contributed by atoms with Gasteiger partial charge in [-0.3, -0.25) is 4.79 Å². The van der Waals surface area contributed by atoms with Gasteiger partial charge >= 0.3 is 0 Å². The third-order valence-corrected chi connectivity index (χ3v) is 5.06. The number of likely N-dealkylation sites (tertiary alicyclic amines) is 2. The Morgan fingerprint density at radius 1 is 1.30 bits per heavy atom. The molecule has 1 atom stereocenters. The molecule has 0 N–H and O–H groups in total. The molecule has 0 bridgehead atoms. The van der Waals surface area contributed by atoms with Crippen molar-refractivity contribution in [2.75, 3.05) is 26.2 Å². The van der Waals surface area contributed by atoms with Crippen molar-refractivity contribution in [1.29, 1.82) is 0 Å². The summed E-state index contributed by atoms with van der Waals surface area (Å²) < 4.78 is 5.13. The Morgan fingerprint density at radius 2 is 2.13 bits per heavy atom. The van der Waals surface area contributed by atoms with Gasteiger partial charge in [-0.05, 0) is 51.8 Å². The minimum Gasteiger partial charge on any atom is -0.336 e. The van der Waals surface area contributed by atoms with Crippen LogP contribution in [0.2, 0.25) is 0 Å². The monoisotopic (exact) mass is 314 g/mol. The van der Waals surface area contributed by atoms with E-state index in [1.54, 1.807) is 6.20 Å². The number of carbonyl (C=O) groups excluding carboxylic acids is 1. The fourth-order valence-electron chi connectivity index (χ4n) is 3.78. The molecule has 23 heavy (non-hydrogen) atoms. The molecule has 2 aliphatic rings. The van der Waals surface area contributed by atoms with Crippen LogP contribution in [0.15, 0.2) is 16.8 Å². The van der Waals surface area contributed by atoms with Gasteiger partial charge in [0, 0.05) is 25.3 Å². The average Bonchev–Trinajstić information content (AvgIpc) is 3.29. The number of aromatic nitrogens is 2. The third-order valence-electron chi connectivity index (χ3n) is 5.06. The molecule has 6 heteroatoms. The maximum absolute atomic E-state index is 12.9. The molecule has 0 aromatic carbocycles. The molecular formula is C17H22N4O2. The van der Waals surface area contributed by atoms with E-state index in [4.69, 9.17) is 4.52 Å². The SMILES string of the molecule is Cc1noc2ncc(C(=O)N3CCC[C@H]3CN3CCCC3)cc12. The Kier molecular flexibility index (Phi) is 3.77. The maximum atomic E-state index is 12.9. The zero-order valence-corrected chi connectivity index (χ0v) is 13.5. The van der Waals surface area contributed by atoms with Crippen molar-refractivity contribution in [3.8, 4) is 0 Å². The predicted molar refractivity (Wildman–Crippen MR) is 86.3 cm³/mol. The van der Waals surface area contributed by atoms with E-state index in [0.29, 0.717) is 17.3 Å². The van der Waals surface area contributed by atoms with Crippen molar-refractivity contribution >= 4 is 17.0 Å². The molecule has 2 saturated heterocycles. The Bertz CT molecular complexity index is 720. The van der Waals surface area contributed by atoms with Gasteiger partial charge in [-0.15, -0.1) is 0 Å². The molecule has 4 heterocycles. The highest BCUT2D eigenvalue weighted by atomic mass is 16.5. The van der Waals surface area contributed by atoms with Crippen molar-refractivity contribution < 1.29 is 9.32 Å². The minimum absolute atomic E-state index is 0.0849. The fraction of sp³-hybridized carbons (Fsp3) is 0.588. The quantitative estimate of drug-likeness (QED) is 0.869. The number of amides is 1. The van der Waals surface area contributed by atoms with E-state index < -0.39 is 0 Å². The highest BCUT2D eigenvalue weighted by Gasteiger charge is 2.31. The van der Waals surface area contributed by atoms with Gasteiger partial charge in [-0.1, -0.05) is 5.16 Å². The van der Waals surface area contributed by atoms with E-state index in [0.717, 1.165) is 37.0 Å². The molecule has 4 rings (SSSR count). The molecule has 2 aromatic rings. The van der Waals surface area contributed by atoms with Crippen LogP contribution >= 0.6 is 0 Å². The zero-order chi connectivity index (χ0) is 15.8. The highest BCUT2D eigenvalue weighted by molar-refractivity contribution is 5.97. The van der Waals surface area contributed by atoms with Crippen molar-refractivity contribution in [1.82, 2.24) is 19.9 Å². The lowest BCUT2D eigenvalue weighted by atomic mass is 10.1. The van der Waals surface area contributed by atoms with Gasteiger partial charge < -0.3 is 14.3 Å². The molecule has 0 saturated carbocycles. The number of hydrogen-bond donors (Lipinski definition) is 0. The fourth-order valence-corrected chi connectivity index (χ4v) is 3.78. The Balaban J connectivity index is 1.54. The molecule has 2 fully saturated rings. The minimum atomic E-state index is 0.0849. The van der Waals surface area contributed by atoms with Gasteiger partial charge in [-0.25, -0.2) is 4.98 Å². The van der Waals surface area contributed by atoms with E-state index in [1.807, 2.05) is 17.9 Å². The third kappa shape index (κ3) is 2.72. The Morgan fingerprint density at radius 3 is 2.96 bits per heavy atom. The Labute approximate surface area is 135 Å². The van der Waals surface area contributed by atoms with Crippen LogP contribution in [0.1, 0.15) is 41.7 Å². The summed E-state index contributed by atoms with van der Waals surface area (Å²) in [4.78, 5) is 21.7. The van der Waals surface area contributed by atoms with E-state index in [2.05, 4.69) is 15.0 Å². The van der Waals surface area contributed by atoms with Crippen LogP contribution in [0, 0.1) is 6.92 Å². The first-order chi connectivity index (χ1) is 11.2. The smallest absolute Gasteiger partial charge is 0.257 e. The lowest BCUT2D eigenvalue weighted by Crippen LogP contribution is -2.42. The summed E-state index contributed by atoms with van der Waals surface area (Å²) in [6.45, 7) is 6.07. The second-order valence-electron chi connectivity index (χ2n) is 6.65. The van der Waals surface area contributed by atoms with Crippen LogP contribution in [-0.4, -0.2) is 58.1 Å². The van der Waals surface area contributed by atoms with E-state index in [9.17, 15) is 4.79 Å². The lowest BCUT2D eigenvalue weighted by molar-refractivity contribution is 0.0708. The van der Waals surface area contributed by atoms with Gasteiger partial charge in [0.25, 0.3) is 11.6 Å². The number of fused-ring (bicyclic) bond motifs is 1. The molecular weight excluding hydrogens is 292 g/mol. The molecule has 2 aromatic heterocycles. The first kappa shape index (κ1) is 14.6. The van der Waals surface area contributed by atoms with Gasteiger partial charge in [0.05, 0.1) is 16.6 Å². The molecule has 0 aliphatic carbocycles. The van der Waals surface area contributed by atoms with Crippen molar-refractivity contribution in [2.24, 2.45) is 0 Å². The van der Waals surface area contributed by atoms with Gasteiger partial charge in [0.1, 0.15) is 0 Å². The largest absolute Gasteiger partial charge is 0.336 e. The van der Waals surface area contributed by atoms with E-state index in [-0.39, 0.29) is 5.91 Å². The van der Waals surface area contributed by atoms with Gasteiger partial charge in [0.15, 0.2) is 0 Å².